The monoisotopic (exact) mass is 262 g/mol. The molecule has 1 unspecified atom stereocenters. The van der Waals surface area contributed by atoms with Crippen molar-refractivity contribution in [2.45, 2.75) is 32.7 Å². The molecule has 0 radical (unpaired) electrons. The van der Waals surface area contributed by atoms with Crippen molar-refractivity contribution >= 4 is 0 Å². The molecule has 1 aromatic rings. The Bertz CT molecular complexity index is 406. The lowest BCUT2D eigenvalue weighted by Gasteiger charge is -2.24. The van der Waals surface area contributed by atoms with Gasteiger partial charge in [-0.25, -0.2) is 0 Å². The lowest BCUT2D eigenvalue weighted by atomic mass is 10.1. The predicted molar refractivity (Wildman–Crippen MR) is 79.9 cm³/mol. The first kappa shape index (κ1) is 14.4. The number of hydrogen-bond acceptors (Lipinski definition) is 3. The summed E-state index contributed by atoms with van der Waals surface area (Å²) >= 11 is 0. The molecule has 0 spiro atoms. The second-order valence-electron chi connectivity index (χ2n) is 5.51. The van der Waals surface area contributed by atoms with E-state index in [1.54, 1.807) is 0 Å². The summed E-state index contributed by atoms with van der Waals surface area (Å²) in [5, 5.41) is 3.28. The van der Waals surface area contributed by atoms with E-state index in [0.717, 1.165) is 25.4 Å². The fraction of sp³-hybridized carbons (Fsp3) is 0.625. The summed E-state index contributed by atoms with van der Waals surface area (Å²) < 4.78 is 5.94. The minimum Gasteiger partial charge on any atom is -0.492 e. The van der Waals surface area contributed by atoms with E-state index in [-0.39, 0.29) is 0 Å². The number of benzene rings is 1. The Balaban J connectivity index is 1.81. The highest BCUT2D eigenvalue weighted by atomic mass is 16.5. The molecule has 3 heteroatoms. The van der Waals surface area contributed by atoms with Gasteiger partial charge in [0.15, 0.2) is 0 Å². The van der Waals surface area contributed by atoms with Crippen molar-refractivity contribution in [3.05, 3.63) is 29.3 Å². The van der Waals surface area contributed by atoms with Crippen LogP contribution < -0.4 is 10.1 Å². The first-order chi connectivity index (χ1) is 9.20. The second kappa shape index (κ2) is 6.92. The average molecular weight is 262 g/mol. The molecule has 0 saturated carbocycles. The van der Waals surface area contributed by atoms with Gasteiger partial charge in [-0.3, -0.25) is 4.90 Å². The Kier molecular flexibility index (Phi) is 5.23. The van der Waals surface area contributed by atoms with Gasteiger partial charge >= 0.3 is 0 Å². The molecule has 1 atom stereocenters. The second-order valence-corrected chi connectivity index (χ2v) is 5.51. The Morgan fingerprint density at radius 2 is 2.21 bits per heavy atom. The summed E-state index contributed by atoms with van der Waals surface area (Å²) in [7, 11) is 2.03. The van der Waals surface area contributed by atoms with Gasteiger partial charge in [-0.1, -0.05) is 12.1 Å². The molecule has 2 rings (SSSR count). The van der Waals surface area contributed by atoms with Gasteiger partial charge in [-0.2, -0.15) is 0 Å². The van der Waals surface area contributed by atoms with Crippen molar-refractivity contribution in [1.82, 2.24) is 10.2 Å². The number of nitrogens with one attached hydrogen (secondary N) is 1. The van der Waals surface area contributed by atoms with Crippen LogP contribution in [0.4, 0.5) is 0 Å². The first-order valence-electron chi connectivity index (χ1n) is 7.29. The predicted octanol–water partition coefficient (Wildman–Crippen LogP) is 2.37. The smallest absolute Gasteiger partial charge is 0.122 e. The zero-order valence-corrected chi connectivity index (χ0v) is 12.4. The Labute approximate surface area is 116 Å². The zero-order valence-electron chi connectivity index (χ0n) is 12.4. The highest BCUT2D eigenvalue weighted by Gasteiger charge is 2.23. The summed E-state index contributed by atoms with van der Waals surface area (Å²) in [6.07, 6.45) is 2.63. The van der Waals surface area contributed by atoms with Crippen LogP contribution in [0.2, 0.25) is 0 Å². The number of ether oxygens (including phenoxy) is 1. The maximum absolute atomic E-state index is 5.94. The van der Waals surface area contributed by atoms with Crippen LogP contribution in [0.15, 0.2) is 18.2 Å². The molecule has 1 N–H and O–H groups in total. The van der Waals surface area contributed by atoms with Crippen molar-refractivity contribution in [1.29, 1.82) is 0 Å². The molecule has 1 aromatic carbocycles. The minimum absolute atomic E-state index is 0.687. The third kappa shape index (κ3) is 3.95. The molecule has 0 amide bonds. The van der Waals surface area contributed by atoms with Crippen LogP contribution in [0.5, 0.6) is 5.75 Å². The SMILES string of the molecule is CNCC1CCCN1CCOc1cc(C)ccc1C. The van der Waals surface area contributed by atoms with E-state index in [1.807, 2.05) is 7.05 Å². The van der Waals surface area contributed by atoms with E-state index in [9.17, 15) is 0 Å². The third-order valence-corrected chi connectivity index (χ3v) is 3.92. The Morgan fingerprint density at radius 3 is 3.00 bits per heavy atom. The standard InChI is InChI=1S/C16H26N2O/c1-13-6-7-14(2)16(11-13)19-10-9-18-8-4-5-15(18)12-17-3/h6-7,11,15,17H,4-5,8-10,12H2,1-3H3. The molecular weight excluding hydrogens is 236 g/mol. The Hall–Kier alpha value is -1.06. The van der Waals surface area contributed by atoms with E-state index >= 15 is 0 Å². The van der Waals surface area contributed by atoms with Gasteiger partial charge in [0.25, 0.3) is 0 Å². The van der Waals surface area contributed by atoms with E-state index in [0.29, 0.717) is 6.04 Å². The fourth-order valence-electron chi connectivity index (χ4n) is 2.79. The molecule has 1 heterocycles. The van der Waals surface area contributed by atoms with Gasteiger partial charge in [0.1, 0.15) is 12.4 Å². The average Bonchev–Trinajstić information content (AvgIpc) is 2.82. The lowest BCUT2D eigenvalue weighted by Crippen LogP contribution is -2.39. The molecular formula is C16H26N2O. The maximum Gasteiger partial charge on any atom is 0.122 e. The van der Waals surface area contributed by atoms with Crippen molar-refractivity contribution in [3.63, 3.8) is 0 Å². The van der Waals surface area contributed by atoms with Crippen LogP contribution in [-0.4, -0.2) is 44.2 Å². The Morgan fingerprint density at radius 1 is 1.37 bits per heavy atom. The van der Waals surface area contributed by atoms with Crippen LogP contribution in [0.1, 0.15) is 24.0 Å². The number of likely N-dealkylation sites (N-methyl/N-ethyl adjacent to an activating group) is 1. The van der Waals surface area contributed by atoms with Crippen molar-refractivity contribution in [2.24, 2.45) is 0 Å². The highest BCUT2D eigenvalue weighted by molar-refractivity contribution is 5.35. The van der Waals surface area contributed by atoms with Crippen LogP contribution >= 0.6 is 0 Å². The van der Waals surface area contributed by atoms with Gasteiger partial charge in [0.05, 0.1) is 0 Å². The molecule has 1 aliphatic rings. The van der Waals surface area contributed by atoms with Crippen LogP contribution in [0.3, 0.4) is 0 Å². The maximum atomic E-state index is 5.94. The van der Waals surface area contributed by atoms with E-state index in [4.69, 9.17) is 4.74 Å². The number of rotatable bonds is 6. The van der Waals surface area contributed by atoms with Crippen molar-refractivity contribution < 1.29 is 4.74 Å². The van der Waals surface area contributed by atoms with Gasteiger partial charge in [0, 0.05) is 19.1 Å². The molecule has 0 bridgehead atoms. The molecule has 1 saturated heterocycles. The molecule has 1 fully saturated rings. The van der Waals surface area contributed by atoms with E-state index in [1.165, 1.54) is 30.5 Å². The fourth-order valence-corrected chi connectivity index (χ4v) is 2.79. The van der Waals surface area contributed by atoms with Crippen molar-refractivity contribution in [2.75, 3.05) is 33.3 Å². The molecule has 3 nitrogen and oxygen atoms in total. The molecule has 106 valence electrons. The number of nitrogens with zero attached hydrogens (tertiary/aromatic N) is 1. The van der Waals surface area contributed by atoms with Crippen LogP contribution in [0, 0.1) is 13.8 Å². The summed E-state index contributed by atoms with van der Waals surface area (Å²) in [5.41, 5.74) is 2.48. The summed E-state index contributed by atoms with van der Waals surface area (Å²) in [6.45, 7) is 8.32. The summed E-state index contributed by atoms with van der Waals surface area (Å²) in [6, 6.07) is 7.08. The molecule has 0 aromatic heterocycles. The van der Waals surface area contributed by atoms with E-state index < -0.39 is 0 Å². The summed E-state index contributed by atoms with van der Waals surface area (Å²) in [4.78, 5) is 2.54. The van der Waals surface area contributed by atoms with Crippen LogP contribution in [-0.2, 0) is 0 Å². The minimum atomic E-state index is 0.687. The van der Waals surface area contributed by atoms with Gasteiger partial charge in [-0.15, -0.1) is 0 Å². The third-order valence-electron chi connectivity index (χ3n) is 3.92. The van der Waals surface area contributed by atoms with Crippen molar-refractivity contribution in [3.8, 4) is 5.75 Å². The largest absolute Gasteiger partial charge is 0.492 e. The lowest BCUT2D eigenvalue weighted by molar-refractivity contribution is 0.195. The normalized spacial score (nSPS) is 19.8. The summed E-state index contributed by atoms with van der Waals surface area (Å²) in [5.74, 6) is 1.03. The van der Waals surface area contributed by atoms with Gasteiger partial charge in [-0.05, 0) is 57.5 Å². The number of aryl methyl sites for hydroxylation is 2. The molecule has 0 aliphatic carbocycles. The topological polar surface area (TPSA) is 24.5 Å². The number of hydrogen-bond donors (Lipinski definition) is 1. The van der Waals surface area contributed by atoms with E-state index in [2.05, 4.69) is 42.3 Å². The van der Waals surface area contributed by atoms with Crippen LogP contribution in [0.25, 0.3) is 0 Å². The molecule has 1 aliphatic heterocycles. The first-order valence-corrected chi connectivity index (χ1v) is 7.29. The highest BCUT2D eigenvalue weighted by Crippen LogP contribution is 2.20. The zero-order chi connectivity index (χ0) is 13.7. The van der Waals surface area contributed by atoms with Gasteiger partial charge in [0.2, 0.25) is 0 Å². The number of likely N-dealkylation sites (tertiary alicyclic amines) is 1. The molecule has 19 heavy (non-hydrogen) atoms. The van der Waals surface area contributed by atoms with Gasteiger partial charge < -0.3 is 10.1 Å². The quantitative estimate of drug-likeness (QED) is 0.852.